The molecule has 0 fully saturated rings. The van der Waals surface area contributed by atoms with Crippen molar-refractivity contribution in [2.45, 2.75) is 6.54 Å². The molecule has 0 spiro atoms. The highest BCUT2D eigenvalue weighted by molar-refractivity contribution is 5.75. The number of oxazole rings is 1. The predicted octanol–water partition coefficient (Wildman–Crippen LogP) is 3.97. The van der Waals surface area contributed by atoms with Gasteiger partial charge in [0.05, 0.1) is 5.56 Å². The molecule has 0 unspecified atom stereocenters. The average molecular weight is 305 g/mol. The van der Waals surface area contributed by atoms with Crippen molar-refractivity contribution in [1.29, 1.82) is 0 Å². The first-order valence-electron chi connectivity index (χ1n) is 7.38. The van der Waals surface area contributed by atoms with Gasteiger partial charge in [0, 0.05) is 17.7 Å². The van der Waals surface area contributed by atoms with Crippen LogP contribution in [0.1, 0.15) is 5.56 Å². The number of pyridine rings is 1. The highest BCUT2D eigenvalue weighted by atomic mass is 19.1. The second-order valence-electron chi connectivity index (χ2n) is 5.34. The molecule has 4 heteroatoms. The van der Waals surface area contributed by atoms with Crippen LogP contribution in [0.3, 0.4) is 0 Å². The van der Waals surface area contributed by atoms with Crippen LogP contribution < -0.4 is 4.57 Å². The zero-order valence-corrected chi connectivity index (χ0v) is 12.3. The Labute approximate surface area is 132 Å². The zero-order valence-electron chi connectivity index (χ0n) is 12.3. The third kappa shape index (κ3) is 2.71. The van der Waals surface area contributed by atoms with E-state index in [1.54, 1.807) is 12.1 Å². The predicted molar refractivity (Wildman–Crippen MR) is 85.1 cm³/mol. The Kier molecular flexibility index (Phi) is 3.35. The lowest BCUT2D eigenvalue weighted by molar-refractivity contribution is -0.688. The molecule has 0 bridgehead atoms. The van der Waals surface area contributed by atoms with Crippen LogP contribution in [0.4, 0.5) is 4.39 Å². The van der Waals surface area contributed by atoms with Gasteiger partial charge < -0.3 is 4.42 Å². The van der Waals surface area contributed by atoms with Gasteiger partial charge in [-0.15, -0.1) is 0 Å². The molecule has 0 N–H and O–H groups in total. The number of para-hydroxylation sites is 2. The fraction of sp³-hybridized carbons (Fsp3) is 0.0526. The minimum Gasteiger partial charge on any atom is -0.436 e. The molecule has 112 valence electrons. The fourth-order valence-electron chi connectivity index (χ4n) is 2.52. The first-order valence-corrected chi connectivity index (χ1v) is 7.38. The molecular formula is C19H14FN2O+. The Morgan fingerprint density at radius 2 is 1.65 bits per heavy atom. The molecule has 3 nitrogen and oxygen atoms in total. The van der Waals surface area contributed by atoms with Gasteiger partial charge in [-0.25, -0.2) is 13.9 Å². The van der Waals surface area contributed by atoms with Crippen molar-refractivity contribution < 1.29 is 13.4 Å². The maximum Gasteiger partial charge on any atom is 0.227 e. The van der Waals surface area contributed by atoms with Crippen molar-refractivity contribution in [3.8, 4) is 11.5 Å². The SMILES string of the molecule is Fc1ccccc1C[n+]1ccc(-c2nc3ccccc3o2)cc1. The molecule has 0 atom stereocenters. The molecule has 0 aliphatic heterocycles. The Morgan fingerprint density at radius 3 is 2.43 bits per heavy atom. The van der Waals surface area contributed by atoms with Gasteiger partial charge in [-0.3, -0.25) is 0 Å². The zero-order chi connectivity index (χ0) is 15.6. The van der Waals surface area contributed by atoms with Gasteiger partial charge in [0.25, 0.3) is 0 Å². The van der Waals surface area contributed by atoms with Crippen molar-refractivity contribution in [2.24, 2.45) is 0 Å². The van der Waals surface area contributed by atoms with Gasteiger partial charge in [0.15, 0.2) is 24.5 Å². The van der Waals surface area contributed by atoms with Crippen molar-refractivity contribution in [3.05, 3.63) is 84.4 Å². The molecule has 4 aromatic rings. The Bertz CT molecular complexity index is 927. The van der Waals surface area contributed by atoms with Crippen molar-refractivity contribution in [2.75, 3.05) is 0 Å². The monoisotopic (exact) mass is 305 g/mol. The second-order valence-corrected chi connectivity index (χ2v) is 5.34. The summed E-state index contributed by atoms with van der Waals surface area (Å²) < 4.78 is 21.4. The molecule has 2 aromatic carbocycles. The van der Waals surface area contributed by atoms with Crippen molar-refractivity contribution in [1.82, 2.24) is 4.98 Å². The lowest BCUT2D eigenvalue weighted by Crippen LogP contribution is -2.33. The van der Waals surface area contributed by atoms with Crippen LogP contribution in [-0.2, 0) is 6.54 Å². The van der Waals surface area contributed by atoms with E-state index in [2.05, 4.69) is 4.98 Å². The van der Waals surface area contributed by atoms with E-state index in [1.165, 1.54) is 6.07 Å². The van der Waals surface area contributed by atoms with E-state index in [4.69, 9.17) is 4.42 Å². The normalized spacial score (nSPS) is 11.0. The lowest BCUT2D eigenvalue weighted by Gasteiger charge is -2.00. The second kappa shape index (κ2) is 5.65. The van der Waals surface area contributed by atoms with Gasteiger partial charge in [-0.2, -0.15) is 0 Å². The van der Waals surface area contributed by atoms with Gasteiger partial charge in [-0.1, -0.05) is 24.3 Å². The van der Waals surface area contributed by atoms with E-state index in [-0.39, 0.29) is 5.82 Å². The van der Waals surface area contributed by atoms with Crippen molar-refractivity contribution in [3.63, 3.8) is 0 Å². The van der Waals surface area contributed by atoms with Crippen LogP contribution in [0.25, 0.3) is 22.6 Å². The van der Waals surface area contributed by atoms with Gasteiger partial charge >= 0.3 is 0 Å². The van der Waals surface area contributed by atoms with E-state index in [1.807, 2.05) is 59.4 Å². The summed E-state index contributed by atoms with van der Waals surface area (Å²) in [4.78, 5) is 4.47. The number of fused-ring (bicyclic) bond motifs is 1. The summed E-state index contributed by atoms with van der Waals surface area (Å²) in [6, 6.07) is 18.3. The number of rotatable bonds is 3. The van der Waals surface area contributed by atoms with E-state index in [9.17, 15) is 4.39 Å². The average Bonchev–Trinajstić information content (AvgIpc) is 3.02. The summed E-state index contributed by atoms with van der Waals surface area (Å²) in [5.41, 5.74) is 3.16. The summed E-state index contributed by atoms with van der Waals surface area (Å²) in [5.74, 6) is 0.396. The van der Waals surface area contributed by atoms with E-state index in [0.717, 1.165) is 16.7 Å². The standard InChI is InChI=1S/C19H14FN2O/c20-16-6-2-1-5-15(16)13-22-11-9-14(10-12-22)19-21-17-7-3-4-8-18(17)23-19/h1-12H,13H2/q+1. The highest BCUT2D eigenvalue weighted by Crippen LogP contribution is 2.23. The molecule has 0 aliphatic rings. The van der Waals surface area contributed by atoms with Crippen molar-refractivity contribution >= 4 is 11.1 Å². The Hall–Kier alpha value is -3.01. The van der Waals surface area contributed by atoms with Crippen LogP contribution >= 0.6 is 0 Å². The molecule has 4 rings (SSSR count). The largest absolute Gasteiger partial charge is 0.436 e. The third-order valence-electron chi connectivity index (χ3n) is 3.74. The van der Waals surface area contributed by atoms with Crippen LogP contribution in [-0.4, -0.2) is 4.98 Å². The van der Waals surface area contributed by atoms with Crippen LogP contribution in [0.5, 0.6) is 0 Å². The number of aromatic nitrogens is 2. The van der Waals surface area contributed by atoms with Gasteiger partial charge in [0.2, 0.25) is 5.89 Å². The molecule has 23 heavy (non-hydrogen) atoms. The number of halogens is 1. The quantitative estimate of drug-likeness (QED) is 0.536. The molecule has 0 saturated carbocycles. The molecule has 0 amide bonds. The van der Waals surface area contributed by atoms with Crippen LogP contribution in [0.2, 0.25) is 0 Å². The minimum atomic E-state index is -0.192. The number of nitrogens with zero attached hydrogens (tertiary/aromatic N) is 2. The molecular weight excluding hydrogens is 291 g/mol. The van der Waals surface area contributed by atoms with E-state index >= 15 is 0 Å². The maximum absolute atomic E-state index is 13.7. The van der Waals surface area contributed by atoms with E-state index in [0.29, 0.717) is 18.0 Å². The first-order chi connectivity index (χ1) is 11.3. The fourth-order valence-corrected chi connectivity index (χ4v) is 2.52. The smallest absolute Gasteiger partial charge is 0.227 e. The molecule has 0 aliphatic carbocycles. The maximum atomic E-state index is 13.7. The first kappa shape index (κ1) is 13.6. The number of hydrogen-bond acceptors (Lipinski definition) is 2. The number of hydrogen-bond donors (Lipinski definition) is 0. The Balaban J connectivity index is 1.61. The molecule has 2 heterocycles. The summed E-state index contributed by atoms with van der Waals surface area (Å²) in [6.07, 6.45) is 3.80. The number of benzene rings is 2. The summed E-state index contributed by atoms with van der Waals surface area (Å²) >= 11 is 0. The van der Waals surface area contributed by atoms with Crippen LogP contribution in [0.15, 0.2) is 77.5 Å². The van der Waals surface area contributed by atoms with Gasteiger partial charge in [0.1, 0.15) is 11.3 Å². The summed E-state index contributed by atoms with van der Waals surface area (Å²) in [7, 11) is 0. The molecule has 0 saturated heterocycles. The summed E-state index contributed by atoms with van der Waals surface area (Å²) in [6.45, 7) is 0.487. The third-order valence-corrected chi connectivity index (χ3v) is 3.74. The molecule has 2 aromatic heterocycles. The Morgan fingerprint density at radius 1 is 0.913 bits per heavy atom. The topological polar surface area (TPSA) is 29.9 Å². The van der Waals surface area contributed by atoms with Gasteiger partial charge in [-0.05, 0) is 24.3 Å². The minimum absolute atomic E-state index is 0.192. The van der Waals surface area contributed by atoms with Crippen LogP contribution in [0, 0.1) is 5.82 Å². The molecule has 0 radical (unpaired) electrons. The highest BCUT2D eigenvalue weighted by Gasteiger charge is 2.11. The lowest BCUT2D eigenvalue weighted by atomic mass is 10.2. The van der Waals surface area contributed by atoms with E-state index < -0.39 is 0 Å². The summed E-state index contributed by atoms with van der Waals surface area (Å²) in [5, 5.41) is 0.